The maximum atomic E-state index is 4.23. The normalized spacial score (nSPS) is 26.6. The SMILES string of the molecule is C=CC1=C(C=C)C2=C(B1)C(=C)/C=C\[C@H](C)/C=C\C(=C)/C=C\2. The van der Waals surface area contributed by atoms with Crippen molar-refractivity contribution in [2.75, 3.05) is 0 Å². The zero-order chi connectivity index (χ0) is 15.4. The maximum absolute atomic E-state index is 4.23. The summed E-state index contributed by atoms with van der Waals surface area (Å²) >= 11 is 0. The summed E-state index contributed by atoms with van der Waals surface area (Å²) in [5.74, 6) is 0.362. The molecule has 0 bridgehead atoms. The molecule has 1 aliphatic heterocycles. The van der Waals surface area contributed by atoms with Crippen LogP contribution in [0.4, 0.5) is 0 Å². The summed E-state index contributed by atoms with van der Waals surface area (Å²) in [6.07, 6.45) is 16.5. The molecule has 21 heavy (non-hydrogen) atoms. The number of allylic oxidation sites excluding steroid dienone is 14. The van der Waals surface area contributed by atoms with Gasteiger partial charge in [0.15, 0.2) is 7.28 Å². The highest BCUT2D eigenvalue weighted by atomic mass is 14.2. The standard InChI is InChI=1S/C20H21B/c1-6-17-18-13-11-15(4)9-8-14(3)10-12-16(5)20(18)21-19(17)7-2/h6-14,21H,1-2,4-5H2,3H3/b9-8-,12-10-,13-11-/t14-/m1/s1. The van der Waals surface area contributed by atoms with Gasteiger partial charge in [0.1, 0.15) is 0 Å². The van der Waals surface area contributed by atoms with Gasteiger partial charge in [-0.2, -0.15) is 0 Å². The van der Waals surface area contributed by atoms with Crippen molar-refractivity contribution < 1.29 is 0 Å². The Balaban J connectivity index is 2.56. The van der Waals surface area contributed by atoms with Crippen LogP contribution in [-0.4, -0.2) is 7.28 Å². The number of rotatable bonds is 2. The van der Waals surface area contributed by atoms with Crippen LogP contribution in [0.1, 0.15) is 6.92 Å². The zero-order valence-electron chi connectivity index (χ0n) is 12.7. The Bertz CT molecular complexity index is 660. The van der Waals surface area contributed by atoms with E-state index in [1.54, 1.807) is 0 Å². The highest BCUT2D eigenvalue weighted by Gasteiger charge is 2.21. The first-order valence-corrected chi connectivity index (χ1v) is 7.21. The van der Waals surface area contributed by atoms with Gasteiger partial charge < -0.3 is 0 Å². The van der Waals surface area contributed by atoms with Crippen LogP contribution in [0.15, 0.2) is 108 Å². The minimum Gasteiger partial charge on any atom is -0.0996 e. The fourth-order valence-corrected chi connectivity index (χ4v) is 2.57. The van der Waals surface area contributed by atoms with Crippen LogP contribution in [0, 0.1) is 5.92 Å². The summed E-state index contributed by atoms with van der Waals surface area (Å²) < 4.78 is 0. The van der Waals surface area contributed by atoms with Crippen molar-refractivity contribution in [3.05, 3.63) is 108 Å². The third kappa shape index (κ3) is 3.25. The van der Waals surface area contributed by atoms with Crippen LogP contribution >= 0.6 is 0 Å². The second-order valence-electron chi connectivity index (χ2n) is 5.43. The molecule has 1 atom stereocenters. The van der Waals surface area contributed by atoms with E-state index in [9.17, 15) is 0 Å². The van der Waals surface area contributed by atoms with E-state index >= 15 is 0 Å². The molecular formula is C20H21B. The van der Waals surface area contributed by atoms with E-state index < -0.39 is 0 Å². The summed E-state index contributed by atoms with van der Waals surface area (Å²) in [6, 6.07) is 0. The molecule has 1 heteroatoms. The molecule has 0 amide bonds. The molecule has 104 valence electrons. The van der Waals surface area contributed by atoms with Gasteiger partial charge in [0.2, 0.25) is 0 Å². The molecule has 0 spiro atoms. The van der Waals surface area contributed by atoms with E-state index in [0.717, 1.165) is 24.0 Å². The molecule has 0 saturated carbocycles. The first kappa shape index (κ1) is 15.1. The number of hydrogen-bond acceptors (Lipinski definition) is 0. The Morgan fingerprint density at radius 3 is 2.38 bits per heavy atom. The minimum atomic E-state index is 0.362. The summed E-state index contributed by atoms with van der Waals surface area (Å²) in [5, 5.41) is 0. The second-order valence-corrected chi connectivity index (χ2v) is 5.43. The molecule has 0 N–H and O–H groups in total. The summed E-state index contributed by atoms with van der Waals surface area (Å²) in [5.41, 5.74) is 6.83. The molecule has 0 aromatic heterocycles. The lowest BCUT2D eigenvalue weighted by atomic mass is 9.63. The van der Waals surface area contributed by atoms with Gasteiger partial charge in [0.05, 0.1) is 0 Å². The van der Waals surface area contributed by atoms with Crippen molar-refractivity contribution in [2.45, 2.75) is 6.92 Å². The van der Waals surface area contributed by atoms with Crippen molar-refractivity contribution in [1.82, 2.24) is 0 Å². The van der Waals surface area contributed by atoms with Crippen LogP contribution in [0.5, 0.6) is 0 Å². The smallest absolute Gasteiger partial charge is 0.0996 e. The van der Waals surface area contributed by atoms with Gasteiger partial charge in [-0.3, -0.25) is 0 Å². The Kier molecular flexibility index (Phi) is 4.64. The van der Waals surface area contributed by atoms with Gasteiger partial charge in [-0.25, -0.2) is 0 Å². The molecular weight excluding hydrogens is 251 g/mol. The average Bonchev–Trinajstić information content (AvgIpc) is 2.84. The van der Waals surface area contributed by atoms with E-state index in [1.165, 1.54) is 16.5 Å². The highest BCUT2D eigenvalue weighted by molar-refractivity contribution is 6.59. The van der Waals surface area contributed by atoms with Crippen LogP contribution in [0.25, 0.3) is 0 Å². The zero-order valence-corrected chi connectivity index (χ0v) is 12.7. The van der Waals surface area contributed by atoms with Gasteiger partial charge in [0, 0.05) is 0 Å². The summed E-state index contributed by atoms with van der Waals surface area (Å²) in [7, 11) is 0.863. The molecule has 0 fully saturated rings. The van der Waals surface area contributed by atoms with Crippen molar-refractivity contribution in [1.29, 1.82) is 0 Å². The van der Waals surface area contributed by atoms with E-state index in [0.29, 0.717) is 5.92 Å². The highest BCUT2D eigenvalue weighted by Crippen LogP contribution is 2.33. The average molecular weight is 272 g/mol. The quantitative estimate of drug-likeness (QED) is 0.636. The number of hydrogen-bond donors (Lipinski definition) is 0. The third-order valence-corrected chi connectivity index (χ3v) is 3.85. The van der Waals surface area contributed by atoms with Crippen molar-refractivity contribution >= 4 is 7.28 Å². The predicted octanol–water partition coefficient (Wildman–Crippen LogP) is 4.75. The van der Waals surface area contributed by atoms with Gasteiger partial charge in [0.25, 0.3) is 0 Å². The maximum Gasteiger partial charge on any atom is 0.194 e. The van der Waals surface area contributed by atoms with Crippen LogP contribution in [0.3, 0.4) is 0 Å². The fourth-order valence-electron chi connectivity index (χ4n) is 2.57. The van der Waals surface area contributed by atoms with Crippen LogP contribution in [0.2, 0.25) is 0 Å². The first-order valence-electron chi connectivity index (χ1n) is 7.21. The second kappa shape index (κ2) is 6.45. The topological polar surface area (TPSA) is 0 Å². The van der Waals surface area contributed by atoms with Gasteiger partial charge in [-0.15, -0.1) is 0 Å². The summed E-state index contributed by atoms with van der Waals surface area (Å²) in [4.78, 5) is 0. The third-order valence-electron chi connectivity index (χ3n) is 3.85. The molecule has 0 unspecified atom stereocenters. The first-order chi connectivity index (χ1) is 10.1. The molecule has 0 aromatic carbocycles. The molecule has 0 radical (unpaired) electrons. The van der Waals surface area contributed by atoms with E-state index in [-0.39, 0.29) is 0 Å². The van der Waals surface area contributed by atoms with Crippen molar-refractivity contribution in [2.24, 2.45) is 5.92 Å². The Morgan fingerprint density at radius 1 is 1.00 bits per heavy atom. The molecule has 1 heterocycles. The molecule has 2 rings (SSSR count). The van der Waals surface area contributed by atoms with Gasteiger partial charge >= 0.3 is 0 Å². The molecule has 2 aliphatic rings. The molecule has 0 aromatic rings. The summed E-state index contributed by atoms with van der Waals surface area (Å²) in [6.45, 7) is 18.3. The largest absolute Gasteiger partial charge is 0.194 e. The van der Waals surface area contributed by atoms with Gasteiger partial charge in [-0.1, -0.05) is 92.8 Å². The van der Waals surface area contributed by atoms with Crippen molar-refractivity contribution in [3.63, 3.8) is 0 Å². The minimum absolute atomic E-state index is 0.362. The molecule has 0 saturated heterocycles. The van der Waals surface area contributed by atoms with E-state index in [4.69, 9.17) is 0 Å². The lowest BCUT2D eigenvalue weighted by molar-refractivity contribution is 0.938. The lowest BCUT2D eigenvalue weighted by Gasteiger charge is -2.06. The Hall–Kier alpha value is -2.28. The monoisotopic (exact) mass is 272 g/mol. The Labute approximate surface area is 128 Å². The van der Waals surface area contributed by atoms with E-state index in [2.05, 4.69) is 63.6 Å². The van der Waals surface area contributed by atoms with Crippen LogP contribution in [-0.2, 0) is 0 Å². The molecule has 0 nitrogen and oxygen atoms in total. The van der Waals surface area contributed by atoms with Gasteiger partial charge in [-0.05, 0) is 28.2 Å². The van der Waals surface area contributed by atoms with Crippen LogP contribution < -0.4 is 0 Å². The van der Waals surface area contributed by atoms with E-state index in [1.807, 2.05) is 18.2 Å². The lowest BCUT2D eigenvalue weighted by Crippen LogP contribution is -1.97. The van der Waals surface area contributed by atoms with Crippen molar-refractivity contribution in [3.8, 4) is 0 Å². The predicted molar refractivity (Wildman–Crippen MR) is 96.5 cm³/mol. The Morgan fingerprint density at radius 2 is 1.71 bits per heavy atom. The fraction of sp³-hybridized carbons (Fsp3) is 0.100. The molecule has 1 aliphatic carbocycles.